The van der Waals surface area contributed by atoms with Gasteiger partial charge in [-0.2, -0.15) is 5.10 Å². The van der Waals surface area contributed by atoms with E-state index in [1.165, 1.54) is 11.3 Å². The molecule has 0 radical (unpaired) electrons. The van der Waals surface area contributed by atoms with Gasteiger partial charge >= 0.3 is 0 Å². The van der Waals surface area contributed by atoms with Gasteiger partial charge in [-0.1, -0.05) is 0 Å². The lowest BCUT2D eigenvalue weighted by Crippen LogP contribution is -2.38. The summed E-state index contributed by atoms with van der Waals surface area (Å²) in [5, 5.41) is 9.91. The average molecular weight is 418 g/mol. The Kier molecular flexibility index (Phi) is 5.20. The molecule has 9 heteroatoms. The number of H-pyrrole nitrogens is 1. The van der Waals surface area contributed by atoms with Crippen LogP contribution >= 0.6 is 23.6 Å². The third kappa shape index (κ3) is 3.56. The van der Waals surface area contributed by atoms with Crippen molar-refractivity contribution in [1.29, 1.82) is 0 Å². The Morgan fingerprint density at radius 2 is 2.11 bits per heavy atom. The van der Waals surface area contributed by atoms with Crippen molar-refractivity contribution in [3.05, 3.63) is 39.6 Å². The first-order chi connectivity index (χ1) is 13.4. The van der Waals surface area contributed by atoms with Crippen LogP contribution in [0, 0.1) is 11.7 Å². The molecule has 1 fully saturated rings. The van der Waals surface area contributed by atoms with Crippen molar-refractivity contribution in [2.45, 2.75) is 45.6 Å². The number of likely N-dealkylation sites (tertiary alicyclic amines) is 1. The number of aromatic amines is 1. The van der Waals surface area contributed by atoms with Crippen LogP contribution in [0.1, 0.15) is 60.7 Å². The lowest BCUT2D eigenvalue weighted by atomic mass is 9.95. The molecule has 4 heterocycles. The molecule has 148 valence electrons. The normalized spacial score (nSPS) is 15.5. The summed E-state index contributed by atoms with van der Waals surface area (Å²) in [6.45, 7) is 7.48. The van der Waals surface area contributed by atoms with Crippen LogP contribution in [0.2, 0.25) is 0 Å². The van der Waals surface area contributed by atoms with E-state index < -0.39 is 0 Å². The molecule has 1 aliphatic rings. The summed E-state index contributed by atoms with van der Waals surface area (Å²) in [6.07, 6.45) is 1.74. The summed E-state index contributed by atoms with van der Waals surface area (Å²) in [4.78, 5) is 19.2. The Morgan fingerprint density at radius 1 is 1.36 bits per heavy atom. The maximum absolute atomic E-state index is 12.9. The van der Waals surface area contributed by atoms with Crippen molar-refractivity contribution in [3.63, 3.8) is 0 Å². The molecular formula is C19H23N5O2S2. The summed E-state index contributed by atoms with van der Waals surface area (Å²) < 4.78 is 8.34. The number of hydrogen-bond donors (Lipinski definition) is 1. The van der Waals surface area contributed by atoms with Gasteiger partial charge in [-0.05, 0) is 58.0 Å². The smallest absolute Gasteiger partial charge is 0.273 e. The third-order valence-electron chi connectivity index (χ3n) is 5.07. The van der Waals surface area contributed by atoms with Crippen LogP contribution in [0.3, 0.4) is 0 Å². The van der Waals surface area contributed by atoms with Crippen LogP contribution in [0.25, 0.3) is 10.8 Å². The lowest BCUT2D eigenvalue weighted by molar-refractivity contribution is 0.0705. The molecule has 0 aliphatic carbocycles. The number of amides is 1. The van der Waals surface area contributed by atoms with Crippen molar-refractivity contribution >= 4 is 29.5 Å². The van der Waals surface area contributed by atoms with E-state index in [9.17, 15) is 4.79 Å². The van der Waals surface area contributed by atoms with E-state index in [-0.39, 0.29) is 11.9 Å². The zero-order valence-corrected chi connectivity index (χ0v) is 17.8. The monoisotopic (exact) mass is 417 g/mol. The second kappa shape index (κ2) is 7.63. The zero-order valence-electron chi connectivity index (χ0n) is 16.1. The Labute approximate surface area is 172 Å². The molecule has 1 saturated heterocycles. The van der Waals surface area contributed by atoms with E-state index in [1.54, 1.807) is 0 Å². The highest BCUT2D eigenvalue weighted by Gasteiger charge is 2.29. The van der Waals surface area contributed by atoms with Crippen molar-refractivity contribution in [2.24, 2.45) is 0 Å². The molecule has 3 aromatic rings. The van der Waals surface area contributed by atoms with Gasteiger partial charge in [0.1, 0.15) is 17.3 Å². The molecule has 7 nitrogen and oxygen atoms in total. The maximum Gasteiger partial charge on any atom is 0.273 e. The molecule has 0 bridgehead atoms. The number of carbonyl (C=O) groups is 1. The number of aryl methyl sites for hydroxylation is 1. The third-order valence-corrected chi connectivity index (χ3v) is 6.21. The minimum atomic E-state index is -0.0213. The molecule has 1 amide bonds. The summed E-state index contributed by atoms with van der Waals surface area (Å²) in [5.74, 6) is 2.82. The van der Waals surface area contributed by atoms with E-state index >= 15 is 0 Å². The number of carbonyl (C=O) groups excluding carboxylic acids is 1. The molecule has 0 spiro atoms. The van der Waals surface area contributed by atoms with Crippen molar-refractivity contribution in [1.82, 2.24) is 24.6 Å². The van der Waals surface area contributed by atoms with Crippen LogP contribution in [-0.2, 0) is 0 Å². The molecule has 1 N–H and O–H groups in total. The molecule has 0 aromatic carbocycles. The number of nitrogens with one attached hydrogen (secondary N) is 1. The highest BCUT2D eigenvalue weighted by Crippen LogP contribution is 2.30. The van der Waals surface area contributed by atoms with Gasteiger partial charge in [0.25, 0.3) is 5.91 Å². The largest absolute Gasteiger partial charge is 0.459 e. The summed E-state index contributed by atoms with van der Waals surface area (Å²) in [5.41, 5.74) is 0.484. The van der Waals surface area contributed by atoms with Crippen LogP contribution in [0.5, 0.6) is 0 Å². The number of rotatable bonds is 4. The Morgan fingerprint density at radius 3 is 2.75 bits per heavy atom. The van der Waals surface area contributed by atoms with Crippen molar-refractivity contribution < 1.29 is 9.21 Å². The first kappa shape index (κ1) is 19.1. The Hall–Kier alpha value is -2.26. The molecule has 4 rings (SSSR count). The lowest BCUT2D eigenvalue weighted by Gasteiger charge is -2.31. The van der Waals surface area contributed by atoms with E-state index in [0.717, 1.165) is 29.4 Å². The maximum atomic E-state index is 12.9. The second-order valence-corrected chi connectivity index (χ2v) is 8.61. The standard InChI is InChI=1S/C19H23N5O2S2/c1-11(2)24-16(21-22-19(24)27)13-6-8-23(9-7-13)18(25)14-10-28-17(20-14)15-5-4-12(3)26-15/h4-5,10-11,13H,6-9H2,1-3H3,(H,22,27). The quantitative estimate of drug-likeness (QED) is 0.629. The van der Waals surface area contributed by atoms with Gasteiger partial charge in [0.15, 0.2) is 15.5 Å². The molecule has 28 heavy (non-hydrogen) atoms. The second-order valence-electron chi connectivity index (χ2n) is 7.37. The van der Waals surface area contributed by atoms with Gasteiger partial charge < -0.3 is 13.9 Å². The molecule has 0 atom stereocenters. The highest BCUT2D eigenvalue weighted by molar-refractivity contribution is 7.71. The minimum Gasteiger partial charge on any atom is -0.459 e. The van der Waals surface area contributed by atoms with Crippen LogP contribution < -0.4 is 0 Å². The van der Waals surface area contributed by atoms with Crippen LogP contribution in [0.4, 0.5) is 0 Å². The van der Waals surface area contributed by atoms with Crippen LogP contribution in [-0.4, -0.2) is 43.6 Å². The molecular weight excluding hydrogens is 394 g/mol. The number of aromatic nitrogens is 4. The van der Waals surface area contributed by atoms with Crippen molar-refractivity contribution in [3.8, 4) is 10.8 Å². The molecule has 0 unspecified atom stereocenters. The highest BCUT2D eigenvalue weighted by atomic mass is 32.1. The predicted octanol–water partition coefficient (Wildman–Crippen LogP) is 4.57. The van der Waals surface area contributed by atoms with Gasteiger partial charge in [0.05, 0.1) is 0 Å². The minimum absolute atomic E-state index is 0.0213. The van der Waals surface area contributed by atoms with E-state index in [4.69, 9.17) is 16.6 Å². The first-order valence-corrected chi connectivity index (χ1v) is 10.7. The van der Waals surface area contributed by atoms with Crippen molar-refractivity contribution in [2.75, 3.05) is 13.1 Å². The van der Waals surface area contributed by atoms with Gasteiger partial charge in [-0.15, -0.1) is 11.3 Å². The fourth-order valence-corrected chi connectivity index (χ4v) is 4.74. The first-order valence-electron chi connectivity index (χ1n) is 9.42. The number of hydrogen-bond acceptors (Lipinski definition) is 6. The Bertz CT molecular complexity index is 1040. The summed E-state index contributed by atoms with van der Waals surface area (Å²) in [7, 11) is 0. The average Bonchev–Trinajstić information content (AvgIpc) is 3.40. The van der Waals surface area contributed by atoms with Gasteiger partial charge in [-0.3, -0.25) is 9.89 Å². The molecule has 0 saturated carbocycles. The molecule has 1 aliphatic heterocycles. The number of thiazole rings is 1. The summed E-state index contributed by atoms with van der Waals surface area (Å²) >= 11 is 6.79. The van der Waals surface area contributed by atoms with Crippen LogP contribution in [0.15, 0.2) is 21.9 Å². The molecule has 3 aromatic heterocycles. The number of nitrogens with zero attached hydrogens (tertiary/aromatic N) is 4. The fourth-order valence-electron chi connectivity index (χ4n) is 3.64. The summed E-state index contributed by atoms with van der Waals surface area (Å²) in [6, 6.07) is 4.05. The zero-order chi connectivity index (χ0) is 19.8. The number of piperidine rings is 1. The SMILES string of the molecule is Cc1ccc(-c2nc(C(=O)N3CCC(c4n[nH]c(=S)n4C(C)C)CC3)cs2)o1. The van der Waals surface area contributed by atoms with Gasteiger partial charge in [0.2, 0.25) is 0 Å². The van der Waals surface area contributed by atoms with Gasteiger partial charge in [-0.25, -0.2) is 4.98 Å². The van der Waals surface area contributed by atoms with E-state index in [2.05, 4.69) is 33.6 Å². The van der Waals surface area contributed by atoms with Gasteiger partial charge in [0, 0.05) is 30.4 Å². The number of furan rings is 1. The van der Waals surface area contributed by atoms with E-state index in [0.29, 0.717) is 35.2 Å². The predicted molar refractivity (Wildman–Crippen MR) is 110 cm³/mol. The van der Waals surface area contributed by atoms with E-state index in [1.807, 2.05) is 29.3 Å². The fraction of sp³-hybridized carbons (Fsp3) is 0.474. The Balaban J connectivity index is 1.43. The topological polar surface area (TPSA) is 80.0 Å².